The number of ether oxygens (including phenoxy) is 2. The zero-order chi connectivity index (χ0) is 27.7. The third-order valence-corrected chi connectivity index (χ3v) is 8.23. The molecule has 39 heavy (non-hydrogen) atoms. The number of fused-ring (bicyclic) bond motifs is 1. The third kappa shape index (κ3) is 4.97. The number of non-ortho nitro benzene ring substituents is 1. The van der Waals surface area contributed by atoms with Crippen LogP contribution in [0.3, 0.4) is 0 Å². The highest BCUT2D eigenvalue weighted by molar-refractivity contribution is 8.01. The van der Waals surface area contributed by atoms with Crippen LogP contribution in [0.4, 0.5) is 5.69 Å². The van der Waals surface area contributed by atoms with Crippen LogP contribution in [0.25, 0.3) is 11.3 Å². The first kappa shape index (κ1) is 26.4. The Hall–Kier alpha value is -4.26. The number of benzene rings is 2. The molecule has 0 unspecified atom stereocenters. The fourth-order valence-corrected chi connectivity index (χ4v) is 6.59. The first-order valence-corrected chi connectivity index (χ1v) is 13.1. The van der Waals surface area contributed by atoms with Crippen LogP contribution in [0.2, 0.25) is 0 Å². The average Bonchev–Trinajstić information content (AvgIpc) is 3.43. The quantitative estimate of drug-likeness (QED) is 0.168. The van der Waals surface area contributed by atoms with Gasteiger partial charge in [-0.25, -0.2) is 14.3 Å². The van der Waals surface area contributed by atoms with Crippen molar-refractivity contribution in [3.63, 3.8) is 0 Å². The van der Waals surface area contributed by atoms with E-state index in [-0.39, 0.29) is 42.4 Å². The summed E-state index contributed by atoms with van der Waals surface area (Å²) in [5, 5.41) is 19.1. The molecule has 202 valence electrons. The maximum atomic E-state index is 13.4. The number of carbonyl (C=O) groups is 3. The Morgan fingerprint density at radius 2 is 1.87 bits per heavy atom. The van der Waals surface area contributed by atoms with Gasteiger partial charge in [-0.3, -0.25) is 14.9 Å². The normalized spacial score (nSPS) is 21.7. The Morgan fingerprint density at radius 1 is 1.15 bits per heavy atom. The monoisotopic (exact) mass is 551 g/mol. The van der Waals surface area contributed by atoms with Gasteiger partial charge in [0.05, 0.1) is 34.6 Å². The second-order valence-electron chi connectivity index (χ2n) is 9.35. The first-order chi connectivity index (χ1) is 18.7. The number of carbonyl (C=O) groups excluding carboxylic acids is 3. The maximum absolute atomic E-state index is 13.4. The minimum absolute atomic E-state index is 0.0614. The standard InChI is InChI=1S/C26H25N5O7S/c1-3-37-24(33)21-22(17-7-5-4-6-8-17)29(28-27-21)15-26(2)23(30-19(32)13-20(30)39-26)25(34)38-14-16-9-11-18(12-10-16)31(35)36/h4-12,20,23H,3,13-15H2,1-2H3/t20-,23+,26+/m1/s1. The number of aromatic nitrogens is 3. The zero-order valence-electron chi connectivity index (χ0n) is 21.2. The number of rotatable bonds is 9. The summed E-state index contributed by atoms with van der Waals surface area (Å²) in [4.78, 5) is 50.6. The van der Waals surface area contributed by atoms with Crippen LogP contribution in [0.5, 0.6) is 0 Å². The molecular weight excluding hydrogens is 526 g/mol. The number of nitro groups is 1. The van der Waals surface area contributed by atoms with Gasteiger partial charge < -0.3 is 14.4 Å². The highest BCUT2D eigenvalue weighted by Gasteiger charge is 2.61. The summed E-state index contributed by atoms with van der Waals surface area (Å²) in [7, 11) is 0. The molecule has 0 saturated carbocycles. The van der Waals surface area contributed by atoms with E-state index in [2.05, 4.69) is 10.3 Å². The lowest BCUT2D eigenvalue weighted by molar-refractivity contribution is -0.384. The predicted octanol–water partition coefficient (Wildman–Crippen LogP) is 3.21. The topological polar surface area (TPSA) is 147 Å². The summed E-state index contributed by atoms with van der Waals surface area (Å²) in [6, 6.07) is 14.0. The zero-order valence-corrected chi connectivity index (χ0v) is 22.0. The van der Waals surface area contributed by atoms with E-state index in [1.165, 1.54) is 40.9 Å². The van der Waals surface area contributed by atoms with Crippen LogP contribution in [-0.4, -0.2) is 65.4 Å². The van der Waals surface area contributed by atoms with E-state index in [9.17, 15) is 24.5 Å². The Kier molecular flexibility index (Phi) is 7.08. The van der Waals surface area contributed by atoms with E-state index >= 15 is 0 Å². The Bertz CT molecular complexity index is 1430. The van der Waals surface area contributed by atoms with Gasteiger partial charge in [-0.1, -0.05) is 35.5 Å². The van der Waals surface area contributed by atoms with E-state index in [0.29, 0.717) is 23.2 Å². The minimum Gasteiger partial charge on any atom is -0.461 e. The van der Waals surface area contributed by atoms with Crippen molar-refractivity contribution in [3.05, 3.63) is 76.0 Å². The first-order valence-electron chi connectivity index (χ1n) is 12.3. The number of thioether (sulfide) groups is 1. The van der Waals surface area contributed by atoms with Gasteiger partial charge in [0.15, 0.2) is 5.69 Å². The molecule has 1 amide bonds. The molecule has 2 aliphatic rings. The van der Waals surface area contributed by atoms with Crippen molar-refractivity contribution in [1.29, 1.82) is 0 Å². The Balaban J connectivity index is 1.42. The highest BCUT2D eigenvalue weighted by Crippen LogP contribution is 2.52. The number of esters is 2. The molecule has 5 rings (SSSR count). The third-order valence-electron chi connectivity index (χ3n) is 6.68. The second-order valence-corrected chi connectivity index (χ2v) is 11.1. The molecule has 0 bridgehead atoms. The molecule has 3 atom stereocenters. The van der Waals surface area contributed by atoms with Crippen LogP contribution in [0.1, 0.15) is 36.3 Å². The Labute approximate surface area is 227 Å². The lowest BCUT2D eigenvalue weighted by Crippen LogP contribution is -2.58. The molecular formula is C26H25N5O7S. The molecule has 3 heterocycles. The number of β-lactam (4-membered cyclic amide) rings is 1. The van der Waals surface area contributed by atoms with Crippen molar-refractivity contribution in [2.45, 2.75) is 49.6 Å². The molecule has 1 aromatic heterocycles. The summed E-state index contributed by atoms with van der Waals surface area (Å²) in [6.07, 6.45) is 0.309. The van der Waals surface area contributed by atoms with Gasteiger partial charge in [0, 0.05) is 17.7 Å². The van der Waals surface area contributed by atoms with Gasteiger partial charge in [-0.15, -0.1) is 16.9 Å². The van der Waals surface area contributed by atoms with Crippen molar-refractivity contribution in [3.8, 4) is 11.3 Å². The summed E-state index contributed by atoms with van der Waals surface area (Å²) < 4.78 is 11.5. The molecule has 0 radical (unpaired) electrons. The van der Waals surface area contributed by atoms with Crippen LogP contribution in [-0.2, 0) is 32.2 Å². The van der Waals surface area contributed by atoms with Gasteiger partial charge in [0.25, 0.3) is 5.69 Å². The minimum atomic E-state index is -0.911. The number of nitrogens with zero attached hydrogens (tertiary/aromatic N) is 5. The molecule has 0 aliphatic carbocycles. The fraction of sp³-hybridized carbons (Fsp3) is 0.346. The van der Waals surface area contributed by atoms with Crippen molar-refractivity contribution in [1.82, 2.24) is 19.9 Å². The molecule has 13 heteroatoms. The van der Waals surface area contributed by atoms with Gasteiger partial charge >= 0.3 is 11.9 Å². The molecule has 2 saturated heterocycles. The summed E-state index contributed by atoms with van der Waals surface area (Å²) in [6.45, 7) is 3.80. The molecule has 3 aromatic rings. The number of hydrogen-bond donors (Lipinski definition) is 0. The van der Waals surface area contributed by atoms with Crippen molar-refractivity contribution >= 4 is 35.3 Å². The maximum Gasteiger partial charge on any atom is 0.361 e. The Morgan fingerprint density at radius 3 is 2.51 bits per heavy atom. The lowest BCUT2D eigenvalue weighted by Gasteiger charge is -2.37. The van der Waals surface area contributed by atoms with E-state index < -0.39 is 27.7 Å². The molecule has 0 N–H and O–H groups in total. The van der Waals surface area contributed by atoms with Crippen molar-refractivity contribution in [2.24, 2.45) is 0 Å². The van der Waals surface area contributed by atoms with Crippen molar-refractivity contribution < 1.29 is 28.8 Å². The summed E-state index contributed by atoms with van der Waals surface area (Å²) in [5.41, 5.74) is 1.73. The summed E-state index contributed by atoms with van der Waals surface area (Å²) >= 11 is 1.48. The van der Waals surface area contributed by atoms with E-state index in [1.54, 1.807) is 11.6 Å². The molecule has 2 aromatic carbocycles. The van der Waals surface area contributed by atoms with Gasteiger partial charge in [0.1, 0.15) is 18.3 Å². The molecule has 0 spiro atoms. The largest absolute Gasteiger partial charge is 0.461 e. The fourth-order valence-electron chi connectivity index (χ4n) is 4.85. The number of hydrogen-bond acceptors (Lipinski definition) is 10. The average molecular weight is 552 g/mol. The van der Waals surface area contributed by atoms with E-state index in [0.717, 1.165) is 0 Å². The van der Waals surface area contributed by atoms with Crippen LogP contribution >= 0.6 is 11.8 Å². The van der Waals surface area contributed by atoms with Crippen LogP contribution < -0.4 is 0 Å². The second kappa shape index (κ2) is 10.5. The van der Waals surface area contributed by atoms with E-state index in [4.69, 9.17) is 9.47 Å². The van der Waals surface area contributed by atoms with Crippen LogP contribution in [0, 0.1) is 10.1 Å². The predicted molar refractivity (Wildman–Crippen MR) is 139 cm³/mol. The molecule has 2 aliphatic heterocycles. The van der Waals surface area contributed by atoms with Gasteiger partial charge in [0.2, 0.25) is 5.91 Å². The highest BCUT2D eigenvalue weighted by atomic mass is 32.2. The SMILES string of the molecule is CCOC(=O)c1nnn(C[C@]2(C)S[C@@H]3CC(=O)N3[C@H]2C(=O)OCc2ccc([N+](=O)[O-])cc2)c1-c1ccccc1. The lowest BCUT2D eigenvalue weighted by atomic mass is 9.96. The molecule has 12 nitrogen and oxygen atoms in total. The number of nitro benzene ring substituents is 1. The summed E-state index contributed by atoms with van der Waals surface area (Å²) in [5.74, 6) is -1.35. The smallest absolute Gasteiger partial charge is 0.361 e. The number of amides is 1. The van der Waals surface area contributed by atoms with Crippen LogP contribution in [0.15, 0.2) is 54.6 Å². The van der Waals surface area contributed by atoms with Gasteiger partial charge in [-0.05, 0) is 31.5 Å². The van der Waals surface area contributed by atoms with E-state index in [1.807, 2.05) is 37.3 Å². The molecule has 2 fully saturated rings. The van der Waals surface area contributed by atoms with Gasteiger partial charge in [-0.2, -0.15) is 0 Å². The van der Waals surface area contributed by atoms with Crippen molar-refractivity contribution in [2.75, 3.05) is 6.61 Å².